The highest BCUT2D eigenvalue weighted by Crippen LogP contribution is 2.26. The molecule has 0 saturated heterocycles. The second-order valence-corrected chi connectivity index (χ2v) is 7.27. The van der Waals surface area contributed by atoms with Gasteiger partial charge in [-0.15, -0.1) is 0 Å². The van der Waals surface area contributed by atoms with Crippen LogP contribution in [0.25, 0.3) is 22.3 Å². The molecule has 2 aromatic heterocycles. The lowest BCUT2D eigenvalue weighted by molar-refractivity contribution is 0.590. The van der Waals surface area contributed by atoms with Crippen LogP contribution in [-0.4, -0.2) is 25.4 Å². The van der Waals surface area contributed by atoms with Gasteiger partial charge in [0.25, 0.3) is 0 Å². The molecular formula is C20H20N6. The average molecular weight is 344 g/mol. The first-order valence-electron chi connectivity index (χ1n) is 8.49. The molecule has 0 bridgehead atoms. The molecule has 6 heteroatoms. The molecule has 4 aromatic rings. The molecule has 0 saturated carbocycles. The highest BCUT2D eigenvalue weighted by molar-refractivity contribution is 5.79. The number of hydrogen-bond acceptors (Lipinski definition) is 5. The van der Waals surface area contributed by atoms with Gasteiger partial charge >= 0.3 is 0 Å². The average Bonchev–Trinajstić information content (AvgIpc) is 3.09. The Morgan fingerprint density at radius 1 is 0.846 bits per heavy atom. The zero-order valence-electron chi connectivity index (χ0n) is 15.0. The Morgan fingerprint density at radius 3 is 2.38 bits per heavy atom. The summed E-state index contributed by atoms with van der Waals surface area (Å²) in [4.78, 5) is 8.72. The fraction of sp³-hybridized carbons (Fsp3) is 0.200. The predicted octanol–water partition coefficient (Wildman–Crippen LogP) is 4.46. The normalized spacial score (nSPS) is 11.7. The van der Waals surface area contributed by atoms with Crippen molar-refractivity contribution in [1.29, 1.82) is 0 Å². The molecule has 0 aliphatic rings. The van der Waals surface area contributed by atoms with E-state index in [-0.39, 0.29) is 5.41 Å². The molecule has 0 amide bonds. The summed E-state index contributed by atoms with van der Waals surface area (Å²) in [5.41, 5.74) is 5.92. The van der Waals surface area contributed by atoms with E-state index in [9.17, 15) is 0 Å². The number of anilines is 2. The minimum Gasteiger partial charge on any atom is -0.340 e. The van der Waals surface area contributed by atoms with Crippen LogP contribution in [0.2, 0.25) is 0 Å². The van der Waals surface area contributed by atoms with Gasteiger partial charge in [-0.1, -0.05) is 45.0 Å². The van der Waals surface area contributed by atoms with Gasteiger partial charge in [-0.3, -0.25) is 0 Å². The van der Waals surface area contributed by atoms with Crippen molar-refractivity contribution >= 4 is 22.5 Å². The molecule has 4 rings (SSSR count). The van der Waals surface area contributed by atoms with Gasteiger partial charge in [-0.25, -0.2) is 9.97 Å². The molecule has 0 fully saturated rings. The molecule has 130 valence electrons. The maximum atomic E-state index is 4.41. The van der Waals surface area contributed by atoms with Gasteiger partial charge in [0, 0.05) is 17.3 Å². The van der Waals surface area contributed by atoms with E-state index in [1.165, 1.54) is 5.56 Å². The Balaban J connectivity index is 1.60. The zero-order valence-corrected chi connectivity index (χ0v) is 15.0. The van der Waals surface area contributed by atoms with Gasteiger partial charge < -0.3 is 5.32 Å². The molecule has 0 radical (unpaired) electrons. The standard InChI is InChI=1S/C20H20N6/c1-20(2,3)14-6-4-13(5-7-14)17-11-19(22-12-21-17)23-15-8-9-16-18(10-15)25-26-24-16/h4-12H,1-3H3,(H,21,22,23)(H,24,25,26). The van der Waals surface area contributed by atoms with Gasteiger partial charge in [0.05, 0.1) is 5.69 Å². The van der Waals surface area contributed by atoms with E-state index in [4.69, 9.17) is 0 Å². The molecule has 26 heavy (non-hydrogen) atoms. The molecule has 0 unspecified atom stereocenters. The maximum Gasteiger partial charge on any atom is 0.134 e. The molecule has 2 aromatic carbocycles. The largest absolute Gasteiger partial charge is 0.340 e. The Morgan fingerprint density at radius 2 is 1.62 bits per heavy atom. The van der Waals surface area contributed by atoms with E-state index in [0.29, 0.717) is 0 Å². The minimum atomic E-state index is 0.136. The summed E-state index contributed by atoms with van der Waals surface area (Å²) in [7, 11) is 0. The number of nitrogens with zero attached hydrogens (tertiary/aromatic N) is 4. The smallest absolute Gasteiger partial charge is 0.134 e. The summed E-state index contributed by atoms with van der Waals surface area (Å²) in [5.74, 6) is 0.734. The van der Waals surface area contributed by atoms with Gasteiger partial charge in [0.15, 0.2) is 0 Å². The van der Waals surface area contributed by atoms with Crippen LogP contribution in [0.4, 0.5) is 11.5 Å². The van der Waals surface area contributed by atoms with E-state index >= 15 is 0 Å². The van der Waals surface area contributed by atoms with Crippen LogP contribution in [0, 0.1) is 0 Å². The van der Waals surface area contributed by atoms with Crippen molar-refractivity contribution in [2.45, 2.75) is 26.2 Å². The van der Waals surface area contributed by atoms with E-state index in [0.717, 1.165) is 33.8 Å². The van der Waals surface area contributed by atoms with Crippen LogP contribution in [0.1, 0.15) is 26.3 Å². The van der Waals surface area contributed by atoms with E-state index in [2.05, 4.69) is 75.7 Å². The molecule has 0 aliphatic carbocycles. The number of rotatable bonds is 3. The Bertz CT molecular complexity index is 1040. The van der Waals surface area contributed by atoms with Crippen LogP contribution >= 0.6 is 0 Å². The van der Waals surface area contributed by atoms with Crippen LogP contribution < -0.4 is 5.32 Å². The van der Waals surface area contributed by atoms with Gasteiger partial charge in [0.1, 0.15) is 23.2 Å². The van der Waals surface area contributed by atoms with Crippen molar-refractivity contribution in [3.05, 3.63) is 60.4 Å². The van der Waals surface area contributed by atoms with E-state index in [1.54, 1.807) is 6.33 Å². The van der Waals surface area contributed by atoms with Crippen molar-refractivity contribution in [2.75, 3.05) is 5.32 Å². The molecule has 0 aliphatic heterocycles. The number of benzene rings is 2. The molecule has 2 N–H and O–H groups in total. The first-order valence-corrected chi connectivity index (χ1v) is 8.49. The number of aromatic amines is 1. The third kappa shape index (κ3) is 3.26. The van der Waals surface area contributed by atoms with Crippen LogP contribution in [-0.2, 0) is 5.41 Å². The predicted molar refractivity (Wildman–Crippen MR) is 103 cm³/mol. The molecule has 0 atom stereocenters. The Labute approximate surface area is 151 Å². The molecular weight excluding hydrogens is 324 g/mol. The fourth-order valence-corrected chi connectivity index (χ4v) is 2.79. The van der Waals surface area contributed by atoms with Crippen LogP contribution in [0.5, 0.6) is 0 Å². The topological polar surface area (TPSA) is 79.4 Å². The van der Waals surface area contributed by atoms with Crippen LogP contribution in [0.15, 0.2) is 54.9 Å². The molecule has 0 spiro atoms. The highest BCUT2D eigenvalue weighted by Gasteiger charge is 2.13. The third-order valence-electron chi connectivity index (χ3n) is 4.30. The molecule has 2 heterocycles. The number of H-pyrrole nitrogens is 1. The minimum absolute atomic E-state index is 0.136. The maximum absolute atomic E-state index is 4.41. The molecule has 6 nitrogen and oxygen atoms in total. The SMILES string of the molecule is CC(C)(C)c1ccc(-c2cc(Nc3ccc4n[nH]nc4c3)ncn2)cc1. The number of aromatic nitrogens is 5. The van der Waals surface area contributed by atoms with Gasteiger partial charge in [-0.2, -0.15) is 15.4 Å². The number of fused-ring (bicyclic) bond motifs is 1. The van der Waals surface area contributed by atoms with E-state index in [1.807, 2.05) is 24.3 Å². The third-order valence-corrected chi connectivity index (χ3v) is 4.30. The fourth-order valence-electron chi connectivity index (χ4n) is 2.79. The van der Waals surface area contributed by atoms with Crippen molar-refractivity contribution < 1.29 is 0 Å². The second kappa shape index (κ2) is 6.22. The highest BCUT2D eigenvalue weighted by atomic mass is 15.3. The monoisotopic (exact) mass is 344 g/mol. The quantitative estimate of drug-likeness (QED) is 0.574. The van der Waals surface area contributed by atoms with Crippen molar-refractivity contribution in [1.82, 2.24) is 25.4 Å². The lowest BCUT2D eigenvalue weighted by Gasteiger charge is -2.19. The second-order valence-electron chi connectivity index (χ2n) is 7.27. The zero-order chi connectivity index (χ0) is 18.1. The van der Waals surface area contributed by atoms with Gasteiger partial charge in [-0.05, 0) is 29.2 Å². The first kappa shape index (κ1) is 16.2. The summed E-state index contributed by atoms with van der Waals surface area (Å²) < 4.78 is 0. The van der Waals surface area contributed by atoms with Crippen molar-refractivity contribution in [2.24, 2.45) is 0 Å². The Kier molecular flexibility index (Phi) is 3.88. The first-order chi connectivity index (χ1) is 12.5. The number of hydrogen-bond donors (Lipinski definition) is 2. The van der Waals surface area contributed by atoms with Crippen molar-refractivity contribution in [3.8, 4) is 11.3 Å². The summed E-state index contributed by atoms with van der Waals surface area (Å²) in [5, 5.41) is 14.1. The van der Waals surface area contributed by atoms with E-state index < -0.39 is 0 Å². The lowest BCUT2D eigenvalue weighted by Crippen LogP contribution is -2.10. The Hall–Kier alpha value is -3.28. The lowest BCUT2D eigenvalue weighted by atomic mass is 9.86. The summed E-state index contributed by atoms with van der Waals surface area (Å²) in [6, 6.07) is 16.3. The van der Waals surface area contributed by atoms with Gasteiger partial charge in [0.2, 0.25) is 0 Å². The summed E-state index contributed by atoms with van der Waals surface area (Å²) in [6.45, 7) is 6.63. The van der Waals surface area contributed by atoms with Crippen LogP contribution in [0.3, 0.4) is 0 Å². The summed E-state index contributed by atoms with van der Waals surface area (Å²) >= 11 is 0. The number of nitrogens with one attached hydrogen (secondary N) is 2. The van der Waals surface area contributed by atoms with Crippen molar-refractivity contribution in [3.63, 3.8) is 0 Å². The summed E-state index contributed by atoms with van der Waals surface area (Å²) in [6.07, 6.45) is 1.57.